The Morgan fingerprint density at radius 2 is 1.94 bits per heavy atom. The molecule has 4 heteroatoms. The predicted molar refractivity (Wildman–Crippen MR) is 71.7 cm³/mol. The van der Waals surface area contributed by atoms with E-state index in [1.54, 1.807) is 0 Å². The zero-order chi connectivity index (χ0) is 13.3. The Morgan fingerprint density at radius 3 is 2.50 bits per heavy atom. The van der Waals surface area contributed by atoms with Crippen LogP contribution in [0.15, 0.2) is 16.7 Å². The van der Waals surface area contributed by atoms with E-state index in [-0.39, 0.29) is 0 Å². The minimum Gasteiger partial charge on any atom is -0.494 e. The standard InChI is InChI=1S/C14H18N2O2/c1-5-17-12-7-8(2)11(6-9(12)3)14-13(15)10(4)16-18-14/h6-7H,5,15H2,1-4H3. The molecule has 0 amide bonds. The number of aryl methyl sites for hydroxylation is 3. The van der Waals surface area contributed by atoms with Crippen molar-refractivity contribution in [2.45, 2.75) is 27.7 Å². The third kappa shape index (κ3) is 2.06. The van der Waals surface area contributed by atoms with E-state index in [1.807, 2.05) is 39.8 Å². The molecule has 0 atom stereocenters. The Balaban J connectivity index is 2.53. The van der Waals surface area contributed by atoms with Crippen LogP contribution in [0.3, 0.4) is 0 Å². The first-order valence-electron chi connectivity index (χ1n) is 6.00. The van der Waals surface area contributed by atoms with Crippen molar-refractivity contribution in [1.29, 1.82) is 0 Å². The van der Waals surface area contributed by atoms with Crippen LogP contribution < -0.4 is 10.5 Å². The first kappa shape index (κ1) is 12.5. The Hall–Kier alpha value is -1.97. The Labute approximate surface area is 107 Å². The lowest BCUT2D eigenvalue weighted by Gasteiger charge is -2.11. The molecular weight excluding hydrogens is 228 g/mol. The van der Waals surface area contributed by atoms with Crippen molar-refractivity contribution in [3.05, 3.63) is 29.0 Å². The maximum atomic E-state index is 5.96. The lowest BCUT2D eigenvalue weighted by Crippen LogP contribution is -1.96. The molecule has 0 aliphatic heterocycles. The van der Waals surface area contributed by atoms with Crippen molar-refractivity contribution < 1.29 is 9.26 Å². The van der Waals surface area contributed by atoms with Gasteiger partial charge in [0, 0.05) is 5.56 Å². The number of nitrogens with zero attached hydrogens (tertiary/aromatic N) is 1. The average molecular weight is 246 g/mol. The fraction of sp³-hybridized carbons (Fsp3) is 0.357. The summed E-state index contributed by atoms with van der Waals surface area (Å²) in [5.74, 6) is 1.53. The van der Waals surface area contributed by atoms with Gasteiger partial charge in [0.05, 0.1) is 6.61 Å². The normalized spacial score (nSPS) is 10.7. The van der Waals surface area contributed by atoms with Crippen LogP contribution >= 0.6 is 0 Å². The van der Waals surface area contributed by atoms with Gasteiger partial charge in [-0.2, -0.15) is 0 Å². The molecule has 0 fully saturated rings. The summed E-state index contributed by atoms with van der Waals surface area (Å²) >= 11 is 0. The average Bonchev–Trinajstić information content (AvgIpc) is 2.65. The topological polar surface area (TPSA) is 61.3 Å². The van der Waals surface area contributed by atoms with E-state index < -0.39 is 0 Å². The second kappa shape index (κ2) is 4.72. The lowest BCUT2D eigenvalue weighted by atomic mass is 10.0. The van der Waals surface area contributed by atoms with Crippen molar-refractivity contribution in [2.75, 3.05) is 12.3 Å². The van der Waals surface area contributed by atoms with Gasteiger partial charge >= 0.3 is 0 Å². The molecule has 2 rings (SSSR count). The van der Waals surface area contributed by atoms with Gasteiger partial charge in [0.15, 0.2) is 5.76 Å². The third-order valence-electron chi connectivity index (χ3n) is 2.97. The number of nitrogens with two attached hydrogens (primary N) is 1. The molecule has 1 heterocycles. The zero-order valence-electron chi connectivity index (χ0n) is 11.2. The van der Waals surface area contributed by atoms with Gasteiger partial charge in [-0.1, -0.05) is 5.16 Å². The number of ether oxygens (including phenoxy) is 1. The molecular formula is C14H18N2O2. The highest BCUT2D eigenvalue weighted by Gasteiger charge is 2.15. The van der Waals surface area contributed by atoms with Crippen LogP contribution in [0.2, 0.25) is 0 Å². The van der Waals surface area contributed by atoms with Crippen molar-refractivity contribution in [1.82, 2.24) is 5.16 Å². The quantitative estimate of drug-likeness (QED) is 0.903. The summed E-state index contributed by atoms with van der Waals surface area (Å²) in [5.41, 5.74) is 10.4. The summed E-state index contributed by atoms with van der Waals surface area (Å²) in [6.45, 7) is 8.48. The molecule has 2 N–H and O–H groups in total. The molecule has 0 radical (unpaired) electrons. The van der Waals surface area contributed by atoms with Crippen LogP contribution in [0.4, 0.5) is 5.69 Å². The maximum absolute atomic E-state index is 5.96. The van der Waals surface area contributed by atoms with Crippen LogP contribution in [0.5, 0.6) is 5.75 Å². The van der Waals surface area contributed by atoms with Gasteiger partial charge in [0.2, 0.25) is 0 Å². The Bertz CT molecular complexity index is 573. The first-order valence-corrected chi connectivity index (χ1v) is 6.00. The summed E-state index contributed by atoms with van der Waals surface area (Å²) in [5, 5.41) is 3.89. The van der Waals surface area contributed by atoms with Crippen LogP contribution in [0.25, 0.3) is 11.3 Å². The molecule has 0 unspecified atom stereocenters. The fourth-order valence-electron chi connectivity index (χ4n) is 1.92. The van der Waals surface area contributed by atoms with Crippen LogP contribution in [0, 0.1) is 20.8 Å². The molecule has 4 nitrogen and oxygen atoms in total. The molecule has 1 aromatic heterocycles. The number of hydrogen-bond donors (Lipinski definition) is 1. The second-order valence-electron chi connectivity index (χ2n) is 4.38. The van der Waals surface area contributed by atoms with Crippen molar-refractivity contribution in [3.8, 4) is 17.1 Å². The fourth-order valence-corrected chi connectivity index (χ4v) is 1.92. The zero-order valence-corrected chi connectivity index (χ0v) is 11.2. The lowest BCUT2D eigenvalue weighted by molar-refractivity contribution is 0.337. The van der Waals surface area contributed by atoms with E-state index >= 15 is 0 Å². The van der Waals surface area contributed by atoms with Gasteiger partial charge in [0.1, 0.15) is 17.1 Å². The molecule has 18 heavy (non-hydrogen) atoms. The van der Waals surface area contributed by atoms with Crippen molar-refractivity contribution in [3.63, 3.8) is 0 Å². The van der Waals surface area contributed by atoms with Gasteiger partial charge in [-0.25, -0.2) is 0 Å². The Kier molecular flexibility index (Phi) is 3.28. The molecule has 0 aliphatic rings. The van der Waals surface area contributed by atoms with E-state index in [2.05, 4.69) is 5.16 Å². The summed E-state index contributed by atoms with van der Waals surface area (Å²) < 4.78 is 10.9. The van der Waals surface area contributed by atoms with E-state index in [4.69, 9.17) is 15.0 Å². The highest BCUT2D eigenvalue weighted by Crippen LogP contribution is 2.34. The number of rotatable bonds is 3. The SMILES string of the molecule is CCOc1cc(C)c(-c2onc(C)c2N)cc1C. The molecule has 1 aromatic carbocycles. The van der Waals surface area contributed by atoms with Crippen LogP contribution in [-0.4, -0.2) is 11.8 Å². The number of anilines is 1. The minimum atomic E-state index is 0.599. The monoisotopic (exact) mass is 246 g/mol. The van der Waals surface area contributed by atoms with E-state index in [0.29, 0.717) is 18.1 Å². The molecule has 0 saturated heterocycles. The molecule has 2 aromatic rings. The van der Waals surface area contributed by atoms with Gasteiger partial charge in [0.25, 0.3) is 0 Å². The van der Waals surface area contributed by atoms with Gasteiger partial charge in [-0.3, -0.25) is 0 Å². The van der Waals surface area contributed by atoms with Crippen molar-refractivity contribution in [2.24, 2.45) is 0 Å². The summed E-state index contributed by atoms with van der Waals surface area (Å²) in [6.07, 6.45) is 0. The highest BCUT2D eigenvalue weighted by atomic mass is 16.5. The van der Waals surface area contributed by atoms with E-state index in [1.165, 1.54) is 0 Å². The molecule has 0 saturated carbocycles. The van der Waals surface area contributed by atoms with Crippen molar-refractivity contribution >= 4 is 5.69 Å². The third-order valence-corrected chi connectivity index (χ3v) is 2.97. The van der Waals surface area contributed by atoms with Gasteiger partial charge in [-0.15, -0.1) is 0 Å². The number of benzene rings is 1. The van der Waals surface area contributed by atoms with Crippen LogP contribution in [0.1, 0.15) is 23.7 Å². The Morgan fingerprint density at radius 1 is 1.22 bits per heavy atom. The summed E-state index contributed by atoms with van der Waals surface area (Å²) in [6, 6.07) is 4.03. The molecule has 96 valence electrons. The molecule has 0 spiro atoms. The minimum absolute atomic E-state index is 0.599. The number of aromatic nitrogens is 1. The van der Waals surface area contributed by atoms with Gasteiger partial charge in [-0.05, 0) is 51.0 Å². The number of hydrogen-bond acceptors (Lipinski definition) is 4. The predicted octanol–water partition coefficient (Wildman–Crippen LogP) is 3.25. The summed E-state index contributed by atoms with van der Waals surface area (Å²) in [4.78, 5) is 0. The number of nitrogen functional groups attached to an aromatic ring is 1. The first-order chi connectivity index (χ1) is 8.54. The highest BCUT2D eigenvalue weighted by molar-refractivity contribution is 5.75. The largest absolute Gasteiger partial charge is 0.494 e. The van der Waals surface area contributed by atoms with E-state index in [9.17, 15) is 0 Å². The second-order valence-corrected chi connectivity index (χ2v) is 4.38. The van der Waals surface area contributed by atoms with E-state index in [0.717, 1.165) is 28.1 Å². The smallest absolute Gasteiger partial charge is 0.190 e. The van der Waals surface area contributed by atoms with Gasteiger partial charge < -0.3 is 15.0 Å². The molecule has 0 bridgehead atoms. The maximum Gasteiger partial charge on any atom is 0.190 e. The molecule has 0 aliphatic carbocycles. The van der Waals surface area contributed by atoms with Crippen LogP contribution in [-0.2, 0) is 0 Å². The summed E-state index contributed by atoms with van der Waals surface area (Å²) in [7, 11) is 0.